The summed E-state index contributed by atoms with van der Waals surface area (Å²) in [6.07, 6.45) is 0.912. The molecule has 1 aromatic rings. The van der Waals surface area contributed by atoms with E-state index in [4.69, 9.17) is 9.47 Å². The van der Waals surface area contributed by atoms with Crippen LogP contribution in [0.5, 0.6) is 11.5 Å². The van der Waals surface area contributed by atoms with Gasteiger partial charge in [0.25, 0.3) is 5.91 Å². The van der Waals surface area contributed by atoms with Crippen molar-refractivity contribution in [3.05, 3.63) is 23.8 Å². The number of benzene rings is 1. The first-order valence-electron chi connectivity index (χ1n) is 7.35. The van der Waals surface area contributed by atoms with Crippen LogP contribution in [0.15, 0.2) is 18.2 Å². The summed E-state index contributed by atoms with van der Waals surface area (Å²) in [5, 5.41) is 6.02. The van der Waals surface area contributed by atoms with Crippen molar-refractivity contribution >= 4 is 5.91 Å². The number of ether oxygens (including phenoxy) is 2. The average Bonchev–Trinajstić information content (AvgIpc) is 2.43. The van der Waals surface area contributed by atoms with Gasteiger partial charge in [0.2, 0.25) is 0 Å². The van der Waals surface area contributed by atoms with Crippen molar-refractivity contribution in [2.24, 2.45) is 0 Å². The average molecular weight is 292 g/mol. The van der Waals surface area contributed by atoms with Crippen molar-refractivity contribution in [2.75, 3.05) is 20.2 Å². The molecule has 21 heavy (non-hydrogen) atoms. The van der Waals surface area contributed by atoms with E-state index in [9.17, 15) is 4.79 Å². The molecule has 0 aliphatic carbocycles. The first kappa shape index (κ1) is 15.6. The highest BCUT2D eigenvalue weighted by Crippen LogP contribution is 2.40. The van der Waals surface area contributed by atoms with Crippen LogP contribution in [0.1, 0.15) is 38.8 Å². The fraction of sp³-hybridized carbons (Fsp3) is 0.562. The van der Waals surface area contributed by atoms with Gasteiger partial charge in [-0.15, -0.1) is 0 Å². The maximum atomic E-state index is 11.4. The molecule has 2 rings (SSSR count). The van der Waals surface area contributed by atoms with Crippen molar-refractivity contribution < 1.29 is 14.3 Å². The number of carbonyl (C=O) groups is 1. The summed E-state index contributed by atoms with van der Waals surface area (Å²) in [6, 6.07) is 6.00. The third-order valence-electron chi connectivity index (χ3n) is 3.53. The highest BCUT2D eigenvalue weighted by atomic mass is 16.5. The van der Waals surface area contributed by atoms with Gasteiger partial charge in [-0.25, -0.2) is 0 Å². The first-order chi connectivity index (χ1) is 9.95. The summed E-state index contributed by atoms with van der Waals surface area (Å²) in [7, 11) is 1.95. The number of likely N-dealkylation sites (N-methyl/N-ethyl adjacent to an activating group) is 1. The molecule has 5 heteroatoms. The fourth-order valence-corrected chi connectivity index (χ4v) is 2.58. The van der Waals surface area contributed by atoms with E-state index in [-0.39, 0.29) is 24.2 Å². The molecular weight excluding hydrogens is 268 g/mol. The van der Waals surface area contributed by atoms with E-state index in [0.29, 0.717) is 12.3 Å². The van der Waals surface area contributed by atoms with Gasteiger partial charge >= 0.3 is 0 Å². The Balaban J connectivity index is 2.13. The highest BCUT2D eigenvalue weighted by molar-refractivity contribution is 5.77. The monoisotopic (exact) mass is 292 g/mol. The van der Waals surface area contributed by atoms with Gasteiger partial charge in [0.1, 0.15) is 17.1 Å². The molecule has 1 amide bonds. The lowest BCUT2D eigenvalue weighted by Gasteiger charge is -2.37. The minimum Gasteiger partial charge on any atom is -0.487 e. The van der Waals surface area contributed by atoms with Gasteiger partial charge in [-0.1, -0.05) is 6.07 Å². The Morgan fingerprint density at radius 3 is 2.90 bits per heavy atom. The highest BCUT2D eigenvalue weighted by Gasteiger charge is 2.33. The largest absolute Gasteiger partial charge is 0.487 e. The van der Waals surface area contributed by atoms with E-state index in [1.54, 1.807) is 0 Å². The van der Waals surface area contributed by atoms with E-state index in [2.05, 4.69) is 24.5 Å². The maximum Gasteiger partial charge on any atom is 0.257 e. The maximum absolute atomic E-state index is 11.4. The van der Waals surface area contributed by atoms with Gasteiger partial charge in [0.05, 0.1) is 0 Å². The third-order valence-corrected chi connectivity index (χ3v) is 3.53. The SMILES string of the molecule is CCNC(=O)COc1ccc2c(c1)OC(C)(C)CC2NC. The number of fused-ring (bicyclic) bond motifs is 1. The number of carbonyl (C=O) groups excluding carboxylic acids is 1. The Labute approximate surface area is 126 Å². The molecule has 0 saturated heterocycles. The van der Waals surface area contributed by atoms with Crippen LogP contribution in [0.25, 0.3) is 0 Å². The molecule has 0 fully saturated rings. The van der Waals surface area contributed by atoms with Gasteiger partial charge in [-0.2, -0.15) is 0 Å². The molecule has 1 heterocycles. The lowest BCUT2D eigenvalue weighted by Crippen LogP contribution is -2.38. The van der Waals surface area contributed by atoms with Gasteiger partial charge in [0.15, 0.2) is 6.61 Å². The summed E-state index contributed by atoms with van der Waals surface area (Å²) in [5.41, 5.74) is 0.904. The van der Waals surface area contributed by atoms with Crippen LogP contribution < -0.4 is 20.1 Å². The van der Waals surface area contributed by atoms with Crippen LogP contribution in [-0.2, 0) is 4.79 Å². The van der Waals surface area contributed by atoms with Crippen molar-refractivity contribution in [3.63, 3.8) is 0 Å². The molecule has 0 aromatic heterocycles. The van der Waals surface area contributed by atoms with E-state index in [1.807, 2.05) is 32.2 Å². The lowest BCUT2D eigenvalue weighted by atomic mass is 9.90. The number of hydrogen-bond acceptors (Lipinski definition) is 4. The van der Waals surface area contributed by atoms with Crippen molar-refractivity contribution in [3.8, 4) is 11.5 Å². The zero-order valence-corrected chi connectivity index (χ0v) is 13.2. The van der Waals surface area contributed by atoms with Crippen LogP contribution in [-0.4, -0.2) is 31.7 Å². The molecule has 0 radical (unpaired) electrons. The van der Waals surface area contributed by atoms with Crippen LogP contribution in [0.4, 0.5) is 0 Å². The minimum atomic E-state index is -0.223. The molecule has 5 nitrogen and oxygen atoms in total. The molecule has 1 aliphatic heterocycles. The van der Waals surface area contributed by atoms with Gasteiger partial charge in [-0.3, -0.25) is 4.79 Å². The molecule has 1 unspecified atom stereocenters. The second-order valence-corrected chi connectivity index (χ2v) is 5.85. The number of rotatable bonds is 5. The number of amides is 1. The summed E-state index contributed by atoms with van der Waals surface area (Å²) >= 11 is 0. The first-order valence-corrected chi connectivity index (χ1v) is 7.35. The molecule has 0 bridgehead atoms. The quantitative estimate of drug-likeness (QED) is 0.872. The van der Waals surface area contributed by atoms with Crippen molar-refractivity contribution in [1.82, 2.24) is 10.6 Å². The van der Waals surface area contributed by atoms with Crippen molar-refractivity contribution in [1.29, 1.82) is 0 Å². The van der Waals surface area contributed by atoms with E-state index in [1.165, 1.54) is 0 Å². The molecule has 1 aliphatic rings. The molecule has 116 valence electrons. The van der Waals surface area contributed by atoms with Crippen molar-refractivity contribution in [2.45, 2.75) is 38.8 Å². The molecule has 1 atom stereocenters. The Hall–Kier alpha value is -1.75. The normalized spacial score (nSPS) is 19.3. The lowest BCUT2D eigenvalue weighted by molar-refractivity contribution is -0.122. The molecule has 0 spiro atoms. The molecule has 2 N–H and O–H groups in total. The Kier molecular flexibility index (Phi) is 4.73. The van der Waals surface area contributed by atoms with Gasteiger partial charge < -0.3 is 20.1 Å². The van der Waals surface area contributed by atoms with E-state index >= 15 is 0 Å². The zero-order valence-electron chi connectivity index (χ0n) is 13.2. The summed E-state index contributed by atoms with van der Waals surface area (Å²) in [5.74, 6) is 1.34. The summed E-state index contributed by atoms with van der Waals surface area (Å²) < 4.78 is 11.5. The fourth-order valence-electron chi connectivity index (χ4n) is 2.58. The third kappa shape index (κ3) is 3.88. The summed E-state index contributed by atoms with van der Waals surface area (Å²) in [4.78, 5) is 11.4. The second-order valence-electron chi connectivity index (χ2n) is 5.85. The smallest absolute Gasteiger partial charge is 0.257 e. The summed E-state index contributed by atoms with van der Waals surface area (Å²) in [6.45, 7) is 6.65. The van der Waals surface area contributed by atoms with Crippen LogP contribution in [0.3, 0.4) is 0 Å². The zero-order chi connectivity index (χ0) is 15.5. The van der Waals surface area contributed by atoms with Crippen LogP contribution in [0, 0.1) is 0 Å². The second kappa shape index (κ2) is 6.35. The van der Waals surface area contributed by atoms with Crippen LogP contribution >= 0.6 is 0 Å². The number of hydrogen-bond donors (Lipinski definition) is 2. The standard InChI is InChI=1S/C16H24N2O3/c1-5-18-15(19)10-20-11-6-7-12-13(17-4)9-16(2,3)21-14(12)8-11/h6-8,13,17H,5,9-10H2,1-4H3,(H,18,19). The van der Waals surface area contributed by atoms with Gasteiger partial charge in [-0.05, 0) is 33.9 Å². The molecule has 0 saturated carbocycles. The predicted octanol–water partition coefficient (Wildman–Crippen LogP) is 2.02. The minimum absolute atomic E-state index is 0.0193. The van der Waals surface area contributed by atoms with E-state index in [0.717, 1.165) is 17.7 Å². The predicted molar refractivity (Wildman–Crippen MR) is 81.7 cm³/mol. The Morgan fingerprint density at radius 1 is 1.48 bits per heavy atom. The Morgan fingerprint density at radius 2 is 2.24 bits per heavy atom. The molecular formula is C16H24N2O3. The van der Waals surface area contributed by atoms with Gasteiger partial charge in [0, 0.05) is 30.6 Å². The van der Waals surface area contributed by atoms with E-state index < -0.39 is 0 Å². The number of nitrogens with one attached hydrogen (secondary N) is 2. The topological polar surface area (TPSA) is 59.6 Å². The molecule has 1 aromatic carbocycles. The van der Waals surface area contributed by atoms with Crippen LogP contribution in [0.2, 0.25) is 0 Å². The Bertz CT molecular complexity index is 514.